The van der Waals surface area contributed by atoms with E-state index in [1.807, 2.05) is 9.80 Å². The smallest absolute Gasteiger partial charge is 0.355 e. The normalized spacial score (nSPS) is 19.8. The fourth-order valence-electron chi connectivity index (χ4n) is 4.08. The van der Waals surface area contributed by atoms with Gasteiger partial charge in [-0.3, -0.25) is 9.69 Å². The highest BCUT2D eigenvalue weighted by Crippen LogP contribution is 2.34. The Morgan fingerprint density at radius 1 is 1.17 bits per heavy atom. The summed E-state index contributed by atoms with van der Waals surface area (Å²) in [5.74, 6) is 1.12. The number of hydrogen-bond donors (Lipinski definition) is 0. The van der Waals surface area contributed by atoms with Crippen LogP contribution in [0.2, 0.25) is 5.02 Å². The molecule has 29 heavy (non-hydrogen) atoms. The lowest BCUT2D eigenvalue weighted by Gasteiger charge is -2.39. The molecule has 5 nitrogen and oxygen atoms in total. The van der Waals surface area contributed by atoms with Crippen LogP contribution in [-0.4, -0.2) is 66.5 Å². The van der Waals surface area contributed by atoms with E-state index in [4.69, 9.17) is 11.6 Å². The second kappa shape index (κ2) is 9.08. The monoisotopic (exact) mass is 432 g/mol. The van der Waals surface area contributed by atoms with E-state index in [2.05, 4.69) is 23.7 Å². The highest BCUT2D eigenvalue weighted by molar-refractivity contribution is 6.33. The number of carbonyl (C=O) groups is 1. The van der Waals surface area contributed by atoms with Crippen LogP contribution in [-0.2, 0) is 11.0 Å². The number of rotatable bonds is 4. The molecule has 1 amide bonds. The molecule has 9 heteroatoms. The molecule has 0 N–H and O–H groups in total. The van der Waals surface area contributed by atoms with Crippen molar-refractivity contribution in [2.75, 3.05) is 50.7 Å². The van der Waals surface area contributed by atoms with Crippen LogP contribution in [0.15, 0.2) is 12.3 Å². The fraction of sp³-hybridized carbons (Fsp3) is 0.700. The topological polar surface area (TPSA) is 39.7 Å². The van der Waals surface area contributed by atoms with Gasteiger partial charge in [0, 0.05) is 57.9 Å². The summed E-state index contributed by atoms with van der Waals surface area (Å²) in [5.41, 5.74) is -0.854. The Bertz CT molecular complexity index is 712. The molecule has 0 spiro atoms. The molecule has 0 saturated carbocycles. The summed E-state index contributed by atoms with van der Waals surface area (Å²) < 4.78 is 38.4. The maximum Gasteiger partial charge on any atom is 0.417 e. The number of carbonyl (C=O) groups excluding carboxylic acids is 1. The minimum absolute atomic E-state index is 0.00845. The van der Waals surface area contributed by atoms with Crippen molar-refractivity contribution in [3.8, 4) is 0 Å². The zero-order valence-electron chi connectivity index (χ0n) is 16.9. The summed E-state index contributed by atoms with van der Waals surface area (Å²) >= 11 is 6.06. The van der Waals surface area contributed by atoms with Crippen molar-refractivity contribution in [2.24, 2.45) is 11.8 Å². The lowest BCUT2D eigenvalue weighted by Crippen LogP contribution is -2.52. The van der Waals surface area contributed by atoms with E-state index in [-0.39, 0.29) is 16.8 Å². The second-order valence-electron chi connectivity index (χ2n) is 8.31. The van der Waals surface area contributed by atoms with Crippen LogP contribution >= 0.6 is 11.6 Å². The van der Waals surface area contributed by atoms with Gasteiger partial charge in [0.05, 0.1) is 10.6 Å². The molecule has 3 rings (SSSR count). The molecule has 2 aliphatic rings. The quantitative estimate of drug-likeness (QED) is 0.726. The van der Waals surface area contributed by atoms with E-state index in [1.54, 1.807) is 0 Å². The fourth-order valence-corrected chi connectivity index (χ4v) is 4.37. The summed E-state index contributed by atoms with van der Waals surface area (Å²) in [6, 6.07) is 0.914. The first-order valence-corrected chi connectivity index (χ1v) is 10.5. The standard InChI is InChI=1S/C20H28ClF3N4O/c1-14(2)13-26-7-9-28(10-8-26)19(29)15-3-5-27(6-4-15)18-17(21)11-16(12-25-18)20(22,23)24/h11-12,14-15H,3-10,13H2,1-2H3. The first-order valence-electron chi connectivity index (χ1n) is 10.1. The molecule has 162 valence electrons. The lowest BCUT2D eigenvalue weighted by atomic mass is 9.95. The average molecular weight is 433 g/mol. The van der Waals surface area contributed by atoms with Crippen molar-refractivity contribution < 1.29 is 18.0 Å². The summed E-state index contributed by atoms with van der Waals surface area (Å²) in [5, 5.41) is -0.00845. The van der Waals surface area contributed by atoms with Gasteiger partial charge in [-0.15, -0.1) is 0 Å². The number of aromatic nitrogens is 1. The first-order chi connectivity index (χ1) is 13.6. The molecular weight excluding hydrogens is 405 g/mol. The van der Waals surface area contributed by atoms with Gasteiger partial charge in [-0.05, 0) is 24.8 Å². The van der Waals surface area contributed by atoms with Crippen molar-refractivity contribution in [2.45, 2.75) is 32.9 Å². The number of anilines is 1. The average Bonchev–Trinajstić information content (AvgIpc) is 2.67. The van der Waals surface area contributed by atoms with Gasteiger partial charge < -0.3 is 9.80 Å². The molecule has 0 unspecified atom stereocenters. The van der Waals surface area contributed by atoms with Crippen LogP contribution in [0.4, 0.5) is 19.0 Å². The van der Waals surface area contributed by atoms with Gasteiger partial charge >= 0.3 is 6.18 Å². The molecule has 2 fully saturated rings. The van der Waals surface area contributed by atoms with Gasteiger partial charge in [0.15, 0.2) is 0 Å². The molecule has 0 radical (unpaired) electrons. The first kappa shape index (κ1) is 22.2. The van der Waals surface area contributed by atoms with Gasteiger partial charge in [0.1, 0.15) is 5.82 Å². The van der Waals surface area contributed by atoms with Crippen LogP contribution in [0.1, 0.15) is 32.3 Å². The van der Waals surface area contributed by atoms with Crippen molar-refractivity contribution in [3.63, 3.8) is 0 Å². The number of halogens is 4. The molecular formula is C20H28ClF3N4O. The predicted molar refractivity (Wildman–Crippen MR) is 107 cm³/mol. The number of nitrogens with zero attached hydrogens (tertiary/aromatic N) is 4. The van der Waals surface area contributed by atoms with Gasteiger partial charge in [-0.25, -0.2) is 4.98 Å². The molecule has 0 aromatic carbocycles. The molecule has 2 aliphatic heterocycles. The van der Waals surface area contributed by atoms with Crippen molar-refractivity contribution in [3.05, 3.63) is 22.8 Å². The van der Waals surface area contributed by atoms with Crippen LogP contribution in [0.5, 0.6) is 0 Å². The highest BCUT2D eigenvalue weighted by Gasteiger charge is 2.34. The lowest BCUT2D eigenvalue weighted by molar-refractivity contribution is -0.138. The second-order valence-corrected chi connectivity index (χ2v) is 8.72. The zero-order valence-corrected chi connectivity index (χ0v) is 17.6. The maximum absolute atomic E-state index is 12.9. The van der Waals surface area contributed by atoms with E-state index in [9.17, 15) is 18.0 Å². The van der Waals surface area contributed by atoms with Gasteiger partial charge in [-0.1, -0.05) is 25.4 Å². The number of hydrogen-bond acceptors (Lipinski definition) is 4. The third kappa shape index (κ3) is 5.54. The molecule has 1 aromatic heterocycles. The van der Waals surface area contributed by atoms with E-state index in [0.29, 0.717) is 37.7 Å². The Morgan fingerprint density at radius 2 is 1.79 bits per heavy atom. The minimum Gasteiger partial charge on any atom is -0.355 e. The number of amides is 1. The number of piperazine rings is 1. The van der Waals surface area contributed by atoms with Gasteiger partial charge in [0.25, 0.3) is 0 Å². The van der Waals surface area contributed by atoms with E-state index in [0.717, 1.165) is 45.0 Å². The molecule has 2 saturated heterocycles. The molecule has 3 heterocycles. The summed E-state index contributed by atoms with van der Waals surface area (Å²) in [6.45, 7) is 9.91. The minimum atomic E-state index is -4.46. The largest absolute Gasteiger partial charge is 0.417 e. The molecule has 0 atom stereocenters. The third-order valence-corrected chi connectivity index (χ3v) is 5.88. The Kier molecular flexibility index (Phi) is 6.94. The number of alkyl halides is 3. The Hall–Kier alpha value is -1.54. The van der Waals surface area contributed by atoms with Crippen molar-refractivity contribution >= 4 is 23.3 Å². The van der Waals surface area contributed by atoms with E-state index in [1.165, 1.54) is 0 Å². The SMILES string of the molecule is CC(C)CN1CCN(C(=O)C2CCN(c3ncc(C(F)(F)F)cc3Cl)CC2)CC1. The Labute approximate surface area is 174 Å². The molecule has 1 aromatic rings. The Morgan fingerprint density at radius 3 is 2.31 bits per heavy atom. The van der Waals surface area contributed by atoms with Crippen LogP contribution in [0.25, 0.3) is 0 Å². The number of piperidine rings is 1. The van der Waals surface area contributed by atoms with Gasteiger partial charge in [-0.2, -0.15) is 13.2 Å². The number of pyridine rings is 1. The maximum atomic E-state index is 12.9. The van der Waals surface area contributed by atoms with Crippen LogP contribution < -0.4 is 4.90 Å². The van der Waals surface area contributed by atoms with Crippen LogP contribution in [0, 0.1) is 11.8 Å². The Balaban J connectivity index is 1.52. The van der Waals surface area contributed by atoms with E-state index < -0.39 is 11.7 Å². The molecule has 0 aliphatic carbocycles. The molecule has 0 bridgehead atoms. The summed E-state index contributed by atoms with van der Waals surface area (Å²) in [4.78, 5) is 23.0. The predicted octanol–water partition coefficient (Wildman–Crippen LogP) is 3.77. The van der Waals surface area contributed by atoms with Gasteiger partial charge in [0.2, 0.25) is 5.91 Å². The third-order valence-electron chi connectivity index (χ3n) is 5.60. The zero-order chi connectivity index (χ0) is 21.2. The summed E-state index contributed by atoms with van der Waals surface area (Å²) in [6.07, 6.45) is -2.34. The highest BCUT2D eigenvalue weighted by atomic mass is 35.5. The van der Waals surface area contributed by atoms with Crippen LogP contribution in [0.3, 0.4) is 0 Å². The summed E-state index contributed by atoms with van der Waals surface area (Å²) in [7, 11) is 0. The van der Waals surface area contributed by atoms with Crippen molar-refractivity contribution in [1.29, 1.82) is 0 Å². The van der Waals surface area contributed by atoms with Crippen molar-refractivity contribution in [1.82, 2.24) is 14.8 Å². The van der Waals surface area contributed by atoms with E-state index >= 15 is 0 Å².